The van der Waals surface area contributed by atoms with Crippen LogP contribution in [0.5, 0.6) is 0 Å². The van der Waals surface area contributed by atoms with Gasteiger partial charge >= 0.3 is 0 Å². The second-order valence-electron chi connectivity index (χ2n) is 6.05. The maximum Gasteiger partial charge on any atom is 0.133 e. The number of nitrogens with one attached hydrogen (secondary N) is 2. The second-order valence-corrected chi connectivity index (χ2v) is 6.05. The van der Waals surface area contributed by atoms with Gasteiger partial charge in [0.1, 0.15) is 12.2 Å². The number of aliphatic imine (C=N–C) groups is 1. The predicted molar refractivity (Wildman–Crippen MR) is 98.0 cm³/mol. The number of hydrogen-bond acceptors (Lipinski definition) is 4. The molecule has 0 spiro atoms. The number of ether oxygens (including phenoxy) is 1. The Bertz CT molecular complexity index is 712. The number of nitrogens with zero attached hydrogens (tertiary/aromatic N) is 1. The Morgan fingerprint density at radius 1 is 1.20 bits per heavy atom. The number of rotatable bonds is 6. The highest BCUT2D eigenvalue weighted by molar-refractivity contribution is 5.68. The molecule has 0 unspecified atom stereocenters. The zero-order valence-electron chi connectivity index (χ0n) is 14.0. The number of hydrazine groups is 1. The van der Waals surface area contributed by atoms with Crippen molar-refractivity contribution < 1.29 is 9.13 Å². The summed E-state index contributed by atoms with van der Waals surface area (Å²) in [5.41, 5.74) is 5.27. The smallest absolute Gasteiger partial charge is 0.133 e. The van der Waals surface area contributed by atoms with Crippen molar-refractivity contribution >= 4 is 12.0 Å². The van der Waals surface area contributed by atoms with Gasteiger partial charge in [-0.05, 0) is 49.2 Å². The van der Waals surface area contributed by atoms with E-state index in [1.807, 2.05) is 24.3 Å². The summed E-state index contributed by atoms with van der Waals surface area (Å²) >= 11 is 0. The lowest BCUT2D eigenvalue weighted by Crippen LogP contribution is -2.32. The molecule has 0 aliphatic carbocycles. The molecular weight excluding hydrogens is 319 g/mol. The zero-order valence-corrected chi connectivity index (χ0v) is 14.0. The molecule has 0 radical (unpaired) electrons. The Labute approximate surface area is 147 Å². The summed E-state index contributed by atoms with van der Waals surface area (Å²) in [6.45, 7) is 2.63. The van der Waals surface area contributed by atoms with Gasteiger partial charge in [-0.2, -0.15) is 0 Å². The molecule has 6 heteroatoms. The monoisotopic (exact) mass is 342 g/mol. The Hall–Kier alpha value is -2.28. The van der Waals surface area contributed by atoms with E-state index < -0.39 is 0 Å². The number of piperidine rings is 1. The lowest BCUT2D eigenvalue weighted by atomic mass is 10.0. The molecule has 0 saturated carbocycles. The van der Waals surface area contributed by atoms with E-state index in [2.05, 4.69) is 15.7 Å². The van der Waals surface area contributed by atoms with Crippen LogP contribution in [0.25, 0.3) is 11.1 Å². The van der Waals surface area contributed by atoms with Gasteiger partial charge in [-0.3, -0.25) is 0 Å². The average Bonchev–Trinajstić information content (AvgIpc) is 2.66. The van der Waals surface area contributed by atoms with Crippen LogP contribution in [0.15, 0.2) is 47.5 Å². The molecule has 0 atom stereocenters. The van der Waals surface area contributed by atoms with Gasteiger partial charge in [0.25, 0.3) is 0 Å². The first-order valence-electron chi connectivity index (χ1n) is 8.46. The first kappa shape index (κ1) is 17.5. The molecule has 1 fully saturated rings. The minimum absolute atomic E-state index is 0.314. The first-order valence-corrected chi connectivity index (χ1v) is 8.46. The van der Waals surface area contributed by atoms with E-state index in [0.29, 0.717) is 24.0 Å². The minimum Gasteiger partial charge on any atom is -0.373 e. The standard InChI is InChI=1S/C19H23FN4O/c20-19-11-16(23-13-24-21)5-6-18(19)15-3-1-14(2-4-15)12-25-17-7-9-22-10-8-17/h1-6,11,13,17,22H,7-10,12,21H2,(H,23,24). The van der Waals surface area contributed by atoms with Crippen LogP contribution < -0.4 is 16.6 Å². The molecule has 5 nitrogen and oxygen atoms in total. The van der Waals surface area contributed by atoms with E-state index in [4.69, 9.17) is 10.6 Å². The van der Waals surface area contributed by atoms with Gasteiger partial charge < -0.3 is 15.5 Å². The fourth-order valence-corrected chi connectivity index (χ4v) is 2.89. The highest BCUT2D eigenvalue weighted by Crippen LogP contribution is 2.27. The predicted octanol–water partition coefficient (Wildman–Crippen LogP) is 2.88. The van der Waals surface area contributed by atoms with E-state index in [0.717, 1.165) is 37.1 Å². The third kappa shape index (κ3) is 4.85. The lowest BCUT2D eigenvalue weighted by molar-refractivity contribution is 0.0212. The number of hydrogen-bond donors (Lipinski definition) is 3. The SMILES string of the molecule is NNC=Nc1ccc(-c2ccc(COC3CCNCC3)cc2)c(F)c1. The van der Waals surface area contributed by atoms with Crippen molar-refractivity contribution in [1.82, 2.24) is 10.7 Å². The molecule has 1 aliphatic heterocycles. The third-order valence-electron chi connectivity index (χ3n) is 4.28. The van der Waals surface area contributed by atoms with Gasteiger partial charge in [0.15, 0.2) is 0 Å². The molecule has 0 amide bonds. The van der Waals surface area contributed by atoms with Gasteiger partial charge in [0.05, 0.1) is 18.4 Å². The van der Waals surface area contributed by atoms with Crippen molar-refractivity contribution in [1.29, 1.82) is 0 Å². The van der Waals surface area contributed by atoms with Crippen LogP contribution in [0, 0.1) is 5.82 Å². The first-order chi connectivity index (χ1) is 12.3. The lowest BCUT2D eigenvalue weighted by Gasteiger charge is -2.23. The van der Waals surface area contributed by atoms with E-state index >= 15 is 0 Å². The molecule has 1 heterocycles. The molecular formula is C19H23FN4O. The Kier molecular flexibility index (Phi) is 6.11. The Balaban J connectivity index is 1.64. The molecule has 2 aromatic rings. The van der Waals surface area contributed by atoms with Crippen molar-refractivity contribution in [2.45, 2.75) is 25.6 Å². The Morgan fingerprint density at radius 3 is 2.64 bits per heavy atom. The summed E-state index contributed by atoms with van der Waals surface area (Å²) in [5.74, 6) is 4.80. The third-order valence-corrected chi connectivity index (χ3v) is 4.28. The summed E-state index contributed by atoms with van der Waals surface area (Å²) in [6.07, 6.45) is 3.75. The van der Waals surface area contributed by atoms with Crippen LogP contribution in [0.3, 0.4) is 0 Å². The van der Waals surface area contributed by atoms with Crippen LogP contribution in [-0.2, 0) is 11.3 Å². The van der Waals surface area contributed by atoms with E-state index in [1.54, 1.807) is 12.1 Å². The molecule has 0 aromatic heterocycles. The largest absolute Gasteiger partial charge is 0.373 e. The topological polar surface area (TPSA) is 71.7 Å². The number of benzene rings is 2. The van der Waals surface area contributed by atoms with Crippen LogP contribution in [0.2, 0.25) is 0 Å². The molecule has 25 heavy (non-hydrogen) atoms. The molecule has 0 bridgehead atoms. The molecule has 3 rings (SSSR count). The molecule has 1 saturated heterocycles. The fraction of sp³-hybridized carbons (Fsp3) is 0.316. The van der Waals surface area contributed by atoms with Gasteiger partial charge in [0, 0.05) is 11.6 Å². The van der Waals surface area contributed by atoms with E-state index in [1.165, 1.54) is 12.4 Å². The van der Waals surface area contributed by atoms with Crippen molar-refractivity contribution in [2.75, 3.05) is 13.1 Å². The molecule has 2 aromatic carbocycles. The normalized spacial score (nSPS) is 15.6. The van der Waals surface area contributed by atoms with Crippen molar-refractivity contribution in [3.8, 4) is 11.1 Å². The molecule has 1 aliphatic rings. The summed E-state index contributed by atoms with van der Waals surface area (Å²) in [7, 11) is 0. The van der Waals surface area contributed by atoms with E-state index in [9.17, 15) is 4.39 Å². The highest BCUT2D eigenvalue weighted by atomic mass is 19.1. The van der Waals surface area contributed by atoms with Gasteiger partial charge in [-0.25, -0.2) is 15.2 Å². The van der Waals surface area contributed by atoms with Crippen LogP contribution in [0.4, 0.5) is 10.1 Å². The van der Waals surface area contributed by atoms with Crippen LogP contribution in [-0.4, -0.2) is 25.5 Å². The second kappa shape index (κ2) is 8.71. The molecule has 4 N–H and O–H groups in total. The van der Waals surface area contributed by atoms with Gasteiger partial charge in [-0.1, -0.05) is 24.3 Å². The Morgan fingerprint density at radius 2 is 1.96 bits per heavy atom. The summed E-state index contributed by atoms with van der Waals surface area (Å²) in [4.78, 5) is 3.98. The maximum atomic E-state index is 14.3. The fourth-order valence-electron chi connectivity index (χ4n) is 2.89. The molecule has 132 valence electrons. The average molecular weight is 342 g/mol. The number of nitrogens with two attached hydrogens (primary N) is 1. The van der Waals surface area contributed by atoms with Crippen molar-refractivity contribution in [3.63, 3.8) is 0 Å². The van der Waals surface area contributed by atoms with Crippen LogP contribution >= 0.6 is 0 Å². The van der Waals surface area contributed by atoms with Crippen molar-refractivity contribution in [3.05, 3.63) is 53.8 Å². The summed E-state index contributed by atoms with van der Waals surface area (Å²) in [5, 5.41) is 3.33. The quantitative estimate of drug-likeness (QED) is 0.327. The van der Waals surface area contributed by atoms with Crippen LogP contribution in [0.1, 0.15) is 18.4 Å². The van der Waals surface area contributed by atoms with Gasteiger partial charge in [0.2, 0.25) is 0 Å². The van der Waals surface area contributed by atoms with Crippen molar-refractivity contribution in [2.24, 2.45) is 10.8 Å². The number of halogens is 1. The zero-order chi connectivity index (χ0) is 17.5. The van der Waals surface area contributed by atoms with Gasteiger partial charge in [-0.15, -0.1) is 0 Å². The summed E-state index contributed by atoms with van der Waals surface area (Å²) in [6, 6.07) is 12.7. The van der Waals surface area contributed by atoms with E-state index in [-0.39, 0.29) is 5.82 Å². The highest BCUT2D eigenvalue weighted by Gasteiger charge is 2.13. The maximum absolute atomic E-state index is 14.3. The summed E-state index contributed by atoms with van der Waals surface area (Å²) < 4.78 is 20.2. The minimum atomic E-state index is -0.314.